The van der Waals surface area contributed by atoms with Crippen LogP contribution in [0, 0.1) is 0 Å². The molecule has 1 aromatic carbocycles. The normalized spacial score (nSPS) is 15.2. The number of rotatable bonds is 5. The minimum Gasteiger partial charge on any atom is -0.340 e. The molecule has 1 saturated heterocycles. The Morgan fingerprint density at radius 1 is 1.11 bits per heavy atom. The first-order chi connectivity index (χ1) is 13.2. The number of likely N-dealkylation sites (N-methyl/N-ethyl adjacent to an activating group) is 1. The van der Waals surface area contributed by atoms with Gasteiger partial charge in [-0.3, -0.25) is 4.79 Å². The Kier molecular flexibility index (Phi) is 5.31. The van der Waals surface area contributed by atoms with Crippen LogP contribution in [0.2, 0.25) is 0 Å². The molecule has 1 fully saturated rings. The van der Waals surface area contributed by atoms with Gasteiger partial charge < -0.3 is 15.1 Å². The lowest BCUT2D eigenvalue weighted by atomic mass is 10.1. The Morgan fingerprint density at radius 3 is 2.63 bits per heavy atom. The molecule has 1 amide bonds. The molecule has 0 unspecified atom stereocenters. The molecule has 0 spiro atoms. The smallest absolute Gasteiger partial charge is 0.227 e. The third kappa shape index (κ3) is 4.09. The first-order valence-electron chi connectivity index (χ1n) is 9.27. The molecule has 2 aromatic heterocycles. The van der Waals surface area contributed by atoms with Crippen LogP contribution in [0.1, 0.15) is 12.5 Å². The van der Waals surface area contributed by atoms with Crippen LogP contribution in [0.4, 0.5) is 11.5 Å². The molecule has 0 aliphatic carbocycles. The maximum atomic E-state index is 12.5. The van der Waals surface area contributed by atoms with E-state index < -0.39 is 0 Å². The fraction of sp³-hybridized carbons (Fsp3) is 0.350. The number of carbonyl (C=O) groups excluding carboxylic acids is 1. The van der Waals surface area contributed by atoms with Gasteiger partial charge in [0.2, 0.25) is 5.91 Å². The quantitative estimate of drug-likeness (QED) is 0.736. The first kappa shape index (κ1) is 17.9. The number of piperazine rings is 1. The van der Waals surface area contributed by atoms with Crippen LogP contribution in [0.25, 0.3) is 10.2 Å². The van der Waals surface area contributed by atoms with E-state index in [-0.39, 0.29) is 5.91 Å². The lowest BCUT2D eigenvalue weighted by molar-refractivity contribution is -0.132. The second-order valence-electron chi connectivity index (χ2n) is 6.67. The van der Waals surface area contributed by atoms with Crippen LogP contribution >= 0.6 is 11.3 Å². The zero-order valence-electron chi connectivity index (χ0n) is 15.4. The molecule has 0 saturated carbocycles. The number of amides is 1. The number of anilines is 2. The fourth-order valence-corrected chi connectivity index (χ4v) is 4.11. The van der Waals surface area contributed by atoms with Crippen LogP contribution < -0.4 is 5.32 Å². The van der Waals surface area contributed by atoms with Gasteiger partial charge in [0.25, 0.3) is 0 Å². The molecule has 0 bridgehead atoms. The average Bonchev–Trinajstić information content (AvgIpc) is 3.19. The molecule has 1 N–H and O–H groups in total. The van der Waals surface area contributed by atoms with Gasteiger partial charge in [-0.05, 0) is 35.7 Å². The van der Waals surface area contributed by atoms with Crippen molar-refractivity contribution in [2.45, 2.75) is 13.3 Å². The van der Waals surface area contributed by atoms with Crippen LogP contribution in [0.15, 0.2) is 42.0 Å². The number of carbonyl (C=O) groups is 1. The monoisotopic (exact) mass is 381 g/mol. The Balaban J connectivity index is 1.38. The van der Waals surface area contributed by atoms with E-state index in [0.29, 0.717) is 6.42 Å². The van der Waals surface area contributed by atoms with E-state index >= 15 is 0 Å². The first-order valence-corrected chi connectivity index (χ1v) is 10.1. The van der Waals surface area contributed by atoms with Gasteiger partial charge in [-0.2, -0.15) is 0 Å². The summed E-state index contributed by atoms with van der Waals surface area (Å²) in [6.45, 7) is 6.83. The van der Waals surface area contributed by atoms with Crippen molar-refractivity contribution in [1.29, 1.82) is 0 Å². The largest absolute Gasteiger partial charge is 0.340 e. The van der Waals surface area contributed by atoms with E-state index in [9.17, 15) is 4.79 Å². The van der Waals surface area contributed by atoms with Crippen molar-refractivity contribution in [2.75, 3.05) is 38.0 Å². The summed E-state index contributed by atoms with van der Waals surface area (Å²) in [5, 5.41) is 5.36. The number of aromatic nitrogens is 2. The lowest BCUT2D eigenvalue weighted by Crippen LogP contribution is -2.48. The van der Waals surface area contributed by atoms with Gasteiger partial charge in [-0.25, -0.2) is 9.97 Å². The third-order valence-corrected chi connectivity index (χ3v) is 5.90. The molecule has 27 heavy (non-hydrogen) atoms. The SMILES string of the molecule is CCN1CCN(C(=O)Cc2ccc(Nc3ncnc4ccsc34)cc2)CC1. The summed E-state index contributed by atoms with van der Waals surface area (Å²) in [5.74, 6) is 1.02. The van der Waals surface area contributed by atoms with Crippen molar-refractivity contribution >= 4 is 39.0 Å². The van der Waals surface area contributed by atoms with Gasteiger partial charge in [0, 0.05) is 31.9 Å². The van der Waals surface area contributed by atoms with Gasteiger partial charge in [0.05, 0.1) is 16.6 Å². The summed E-state index contributed by atoms with van der Waals surface area (Å²) in [6, 6.07) is 10.0. The second kappa shape index (κ2) is 8.02. The third-order valence-electron chi connectivity index (χ3n) is 4.99. The van der Waals surface area contributed by atoms with Gasteiger partial charge in [-0.1, -0.05) is 19.1 Å². The van der Waals surface area contributed by atoms with Crippen LogP contribution in [-0.4, -0.2) is 58.4 Å². The summed E-state index contributed by atoms with van der Waals surface area (Å²) in [6.07, 6.45) is 2.03. The van der Waals surface area contributed by atoms with Gasteiger partial charge in [-0.15, -0.1) is 11.3 Å². The highest BCUT2D eigenvalue weighted by Gasteiger charge is 2.20. The Bertz CT molecular complexity index is 916. The predicted molar refractivity (Wildman–Crippen MR) is 110 cm³/mol. The standard InChI is InChI=1S/C20H23N5OS/c1-2-24-8-10-25(11-9-24)18(26)13-15-3-5-16(6-4-15)23-20-19-17(7-12-27-19)21-14-22-20/h3-7,12,14H,2,8-11,13H2,1H3,(H,21,22,23). The van der Waals surface area contributed by atoms with Crippen LogP contribution in [-0.2, 0) is 11.2 Å². The summed E-state index contributed by atoms with van der Waals surface area (Å²) < 4.78 is 1.04. The zero-order chi connectivity index (χ0) is 18.6. The average molecular weight is 382 g/mol. The summed E-state index contributed by atoms with van der Waals surface area (Å²) in [4.78, 5) is 25.5. The van der Waals surface area contributed by atoms with Crippen molar-refractivity contribution < 1.29 is 4.79 Å². The number of nitrogens with zero attached hydrogens (tertiary/aromatic N) is 4. The van der Waals surface area contributed by atoms with Crippen molar-refractivity contribution in [2.24, 2.45) is 0 Å². The number of thiophene rings is 1. The minimum atomic E-state index is 0.211. The number of nitrogens with one attached hydrogen (secondary N) is 1. The molecule has 0 radical (unpaired) electrons. The lowest BCUT2D eigenvalue weighted by Gasteiger charge is -2.34. The summed E-state index contributed by atoms with van der Waals surface area (Å²) in [5.41, 5.74) is 2.94. The molecule has 7 heteroatoms. The maximum absolute atomic E-state index is 12.5. The van der Waals surface area contributed by atoms with E-state index in [4.69, 9.17) is 0 Å². The molecule has 0 atom stereocenters. The van der Waals surface area contributed by atoms with Crippen LogP contribution in [0.3, 0.4) is 0 Å². The number of hydrogen-bond acceptors (Lipinski definition) is 6. The van der Waals surface area contributed by atoms with Crippen molar-refractivity contribution in [3.8, 4) is 0 Å². The molecule has 4 rings (SSSR count). The zero-order valence-corrected chi connectivity index (χ0v) is 16.2. The van der Waals surface area contributed by atoms with E-state index in [1.165, 1.54) is 0 Å². The topological polar surface area (TPSA) is 61.4 Å². The van der Waals surface area contributed by atoms with Gasteiger partial charge in [0.1, 0.15) is 6.33 Å². The molecule has 6 nitrogen and oxygen atoms in total. The molecule has 3 heterocycles. The molecule has 3 aromatic rings. The summed E-state index contributed by atoms with van der Waals surface area (Å²) in [7, 11) is 0. The molecular weight excluding hydrogens is 358 g/mol. The van der Waals surface area contributed by atoms with E-state index in [2.05, 4.69) is 27.1 Å². The highest BCUT2D eigenvalue weighted by Crippen LogP contribution is 2.27. The Labute approximate surface area is 162 Å². The van der Waals surface area contributed by atoms with Gasteiger partial charge >= 0.3 is 0 Å². The van der Waals surface area contributed by atoms with E-state index in [1.54, 1.807) is 17.7 Å². The molecule has 140 valence electrons. The van der Waals surface area contributed by atoms with Crippen molar-refractivity contribution in [3.63, 3.8) is 0 Å². The molecule has 1 aliphatic heterocycles. The number of fused-ring (bicyclic) bond motifs is 1. The minimum absolute atomic E-state index is 0.211. The number of hydrogen-bond donors (Lipinski definition) is 1. The van der Waals surface area contributed by atoms with Crippen LogP contribution in [0.5, 0.6) is 0 Å². The van der Waals surface area contributed by atoms with Gasteiger partial charge in [0.15, 0.2) is 5.82 Å². The van der Waals surface area contributed by atoms with E-state index in [0.717, 1.165) is 60.0 Å². The molecular formula is C20H23N5OS. The Hall–Kier alpha value is -2.51. The second-order valence-corrected chi connectivity index (χ2v) is 7.59. The van der Waals surface area contributed by atoms with Crippen molar-refractivity contribution in [3.05, 3.63) is 47.6 Å². The fourth-order valence-electron chi connectivity index (χ4n) is 3.32. The molecule has 1 aliphatic rings. The van der Waals surface area contributed by atoms with E-state index in [1.807, 2.05) is 40.6 Å². The highest BCUT2D eigenvalue weighted by atomic mass is 32.1. The summed E-state index contributed by atoms with van der Waals surface area (Å²) >= 11 is 1.62. The number of benzene rings is 1. The van der Waals surface area contributed by atoms with Crippen molar-refractivity contribution in [1.82, 2.24) is 19.8 Å². The highest BCUT2D eigenvalue weighted by molar-refractivity contribution is 7.17. The maximum Gasteiger partial charge on any atom is 0.227 e. The predicted octanol–water partition coefficient (Wildman–Crippen LogP) is 3.14. The Morgan fingerprint density at radius 2 is 1.89 bits per heavy atom.